The Balaban J connectivity index is 1.34. The molecule has 1 aliphatic carbocycles. The van der Waals surface area contributed by atoms with Crippen molar-refractivity contribution in [2.75, 3.05) is 19.6 Å². The lowest BCUT2D eigenvalue weighted by Gasteiger charge is -2.35. The van der Waals surface area contributed by atoms with E-state index in [4.69, 9.17) is 0 Å². The maximum absolute atomic E-state index is 12.6. The van der Waals surface area contributed by atoms with Crippen molar-refractivity contribution < 1.29 is 14.4 Å². The first-order chi connectivity index (χ1) is 14.9. The fourth-order valence-corrected chi connectivity index (χ4v) is 5.46. The largest absolute Gasteiger partial charge is 0.350 e. The zero-order valence-electron chi connectivity index (χ0n) is 18.5. The summed E-state index contributed by atoms with van der Waals surface area (Å²) in [5.41, 5.74) is 2.30. The number of fused-ring (bicyclic) bond motifs is 1. The molecule has 4 atom stereocenters. The maximum Gasteiger partial charge on any atom is 0.240 e. The summed E-state index contributed by atoms with van der Waals surface area (Å²) in [5, 5.41) is 2.92. The predicted octanol–water partition coefficient (Wildman–Crippen LogP) is 2.73. The second-order valence-electron chi connectivity index (χ2n) is 9.60. The number of likely N-dealkylation sites (tertiary alicyclic amines) is 2. The Morgan fingerprint density at radius 2 is 1.55 bits per heavy atom. The Kier molecular flexibility index (Phi) is 6.56. The normalized spacial score (nSPS) is 28.6. The van der Waals surface area contributed by atoms with Gasteiger partial charge in [-0.2, -0.15) is 0 Å². The predicted molar refractivity (Wildman–Crippen MR) is 119 cm³/mol. The van der Waals surface area contributed by atoms with Crippen LogP contribution in [0.4, 0.5) is 0 Å². The number of nitrogens with zero attached hydrogens (tertiary/aromatic N) is 2. The van der Waals surface area contributed by atoms with Crippen LogP contribution in [-0.2, 0) is 27.5 Å². The van der Waals surface area contributed by atoms with Crippen LogP contribution in [0.5, 0.6) is 0 Å². The van der Waals surface area contributed by atoms with E-state index in [0.29, 0.717) is 31.2 Å². The standard InChI is InChI=1S/C25H33N3O3/c1-17-11-18(2)14-27(13-17)15-20-8-4-3-7-19(20)12-26-23(29)16-28-24(30)21-9-5-6-10-22(21)25(28)31/h3-8,17-18,21-22H,9-16H2,1-2H3,(H,26,29)/t17-,18+,21-,22-/m1/s1. The minimum absolute atomic E-state index is 0.187. The lowest BCUT2D eigenvalue weighted by Crippen LogP contribution is -2.41. The molecule has 1 N–H and O–H groups in total. The van der Waals surface area contributed by atoms with Crippen LogP contribution >= 0.6 is 0 Å². The van der Waals surface area contributed by atoms with Crippen LogP contribution in [-0.4, -0.2) is 47.2 Å². The van der Waals surface area contributed by atoms with E-state index in [9.17, 15) is 14.4 Å². The van der Waals surface area contributed by atoms with E-state index in [0.717, 1.165) is 30.1 Å². The molecule has 31 heavy (non-hydrogen) atoms. The van der Waals surface area contributed by atoms with Crippen LogP contribution in [0.15, 0.2) is 36.4 Å². The second-order valence-corrected chi connectivity index (χ2v) is 9.60. The number of benzene rings is 1. The third-order valence-electron chi connectivity index (χ3n) is 6.83. The molecule has 166 valence electrons. The molecule has 1 aromatic carbocycles. The van der Waals surface area contributed by atoms with Gasteiger partial charge in [-0.05, 0) is 42.2 Å². The number of imide groups is 1. The van der Waals surface area contributed by atoms with E-state index in [2.05, 4.69) is 30.1 Å². The third kappa shape index (κ3) is 4.90. The number of carbonyl (C=O) groups is 3. The number of nitrogens with one attached hydrogen (secondary N) is 1. The Morgan fingerprint density at radius 1 is 0.968 bits per heavy atom. The number of rotatable bonds is 6. The fraction of sp³-hybridized carbons (Fsp3) is 0.560. The fourth-order valence-electron chi connectivity index (χ4n) is 5.46. The van der Waals surface area contributed by atoms with Gasteiger partial charge in [-0.1, -0.05) is 50.3 Å². The van der Waals surface area contributed by atoms with Gasteiger partial charge in [0.25, 0.3) is 0 Å². The average molecular weight is 424 g/mol. The number of hydrogen-bond donors (Lipinski definition) is 1. The van der Waals surface area contributed by atoms with Crippen LogP contribution in [0.3, 0.4) is 0 Å². The minimum Gasteiger partial charge on any atom is -0.350 e. The average Bonchev–Trinajstić information content (AvgIpc) is 2.97. The second kappa shape index (κ2) is 9.35. The van der Waals surface area contributed by atoms with Crippen LogP contribution in [0.2, 0.25) is 0 Å². The number of hydrogen-bond acceptors (Lipinski definition) is 4. The monoisotopic (exact) mass is 423 g/mol. The summed E-state index contributed by atoms with van der Waals surface area (Å²) in [5.74, 6) is 0.116. The number of amides is 3. The molecule has 3 aliphatic rings. The van der Waals surface area contributed by atoms with Crippen molar-refractivity contribution in [2.24, 2.45) is 23.7 Å². The molecule has 2 saturated heterocycles. The van der Waals surface area contributed by atoms with E-state index in [1.807, 2.05) is 30.4 Å². The molecule has 6 heteroatoms. The van der Waals surface area contributed by atoms with Crippen molar-refractivity contribution in [3.8, 4) is 0 Å². The van der Waals surface area contributed by atoms with Crippen LogP contribution < -0.4 is 5.32 Å². The topological polar surface area (TPSA) is 69.7 Å². The molecule has 0 spiro atoms. The SMILES string of the molecule is C[C@@H]1C[C@H](C)CN(Cc2ccccc2CNC(=O)CN2C(=O)[C@@H]3CC=CC[C@H]3C2=O)C1. The first-order valence-corrected chi connectivity index (χ1v) is 11.5. The molecule has 2 fully saturated rings. The van der Waals surface area contributed by atoms with Gasteiger partial charge < -0.3 is 5.32 Å². The molecule has 6 nitrogen and oxygen atoms in total. The highest BCUT2D eigenvalue weighted by Gasteiger charge is 2.47. The minimum atomic E-state index is -0.291. The van der Waals surface area contributed by atoms with Gasteiger partial charge >= 0.3 is 0 Å². The van der Waals surface area contributed by atoms with Gasteiger partial charge in [-0.3, -0.25) is 24.2 Å². The number of carbonyl (C=O) groups excluding carboxylic acids is 3. The molecule has 2 heterocycles. The van der Waals surface area contributed by atoms with Gasteiger partial charge in [-0.15, -0.1) is 0 Å². The molecule has 3 amide bonds. The van der Waals surface area contributed by atoms with Gasteiger partial charge in [0.1, 0.15) is 6.54 Å². The smallest absolute Gasteiger partial charge is 0.240 e. The Labute approximate surface area is 184 Å². The van der Waals surface area contributed by atoms with Gasteiger partial charge in [0.05, 0.1) is 11.8 Å². The van der Waals surface area contributed by atoms with Gasteiger partial charge in [0, 0.05) is 26.2 Å². The summed E-state index contributed by atoms with van der Waals surface area (Å²) < 4.78 is 0. The Hall–Kier alpha value is -2.47. The highest BCUT2D eigenvalue weighted by molar-refractivity contribution is 6.07. The zero-order valence-corrected chi connectivity index (χ0v) is 18.5. The van der Waals surface area contributed by atoms with E-state index in [-0.39, 0.29) is 36.1 Å². The molecular weight excluding hydrogens is 390 g/mol. The molecular formula is C25H33N3O3. The molecule has 0 radical (unpaired) electrons. The summed E-state index contributed by atoms with van der Waals surface area (Å²) >= 11 is 0. The summed E-state index contributed by atoms with van der Waals surface area (Å²) in [6.07, 6.45) is 6.37. The zero-order chi connectivity index (χ0) is 22.0. The van der Waals surface area contributed by atoms with Crippen LogP contribution in [0, 0.1) is 23.7 Å². The van der Waals surface area contributed by atoms with E-state index < -0.39 is 0 Å². The summed E-state index contributed by atoms with van der Waals surface area (Å²) in [4.78, 5) is 41.4. The van der Waals surface area contributed by atoms with E-state index in [1.54, 1.807) is 0 Å². The van der Waals surface area contributed by atoms with Crippen molar-refractivity contribution in [1.82, 2.24) is 15.1 Å². The van der Waals surface area contributed by atoms with E-state index in [1.165, 1.54) is 12.0 Å². The molecule has 4 rings (SSSR count). The van der Waals surface area contributed by atoms with Crippen LogP contribution in [0.25, 0.3) is 0 Å². The molecule has 0 aromatic heterocycles. The first kappa shape index (κ1) is 21.8. The first-order valence-electron chi connectivity index (χ1n) is 11.5. The Bertz CT molecular complexity index is 845. The van der Waals surface area contributed by atoms with E-state index >= 15 is 0 Å². The van der Waals surface area contributed by atoms with Crippen LogP contribution in [0.1, 0.15) is 44.2 Å². The third-order valence-corrected chi connectivity index (χ3v) is 6.83. The molecule has 0 bridgehead atoms. The summed E-state index contributed by atoms with van der Waals surface area (Å²) in [7, 11) is 0. The van der Waals surface area contributed by atoms with Crippen molar-refractivity contribution in [3.63, 3.8) is 0 Å². The number of piperidine rings is 1. The highest BCUT2D eigenvalue weighted by atomic mass is 16.2. The lowest BCUT2D eigenvalue weighted by atomic mass is 9.85. The molecule has 0 saturated carbocycles. The lowest BCUT2D eigenvalue weighted by molar-refractivity contribution is -0.143. The van der Waals surface area contributed by atoms with Gasteiger partial charge in [0.15, 0.2) is 0 Å². The number of allylic oxidation sites excluding steroid dienone is 2. The van der Waals surface area contributed by atoms with Crippen molar-refractivity contribution >= 4 is 17.7 Å². The molecule has 1 aromatic rings. The Morgan fingerprint density at radius 3 is 2.16 bits per heavy atom. The quantitative estimate of drug-likeness (QED) is 0.564. The summed E-state index contributed by atoms with van der Waals surface area (Å²) in [6, 6.07) is 8.18. The summed E-state index contributed by atoms with van der Waals surface area (Å²) in [6.45, 7) is 7.90. The highest BCUT2D eigenvalue weighted by Crippen LogP contribution is 2.34. The van der Waals surface area contributed by atoms with Gasteiger partial charge in [0.2, 0.25) is 17.7 Å². The van der Waals surface area contributed by atoms with Crippen molar-refractivity contribution in [2.45, 2.75) is 46.2 Å². The van der Waals surface area contributed by atoms with Crippen molar-refractivity contribution in [3.05, 3.63) is 47.5 Å². The van der Waals surface area contributed by atoms with Gasteiger partial charge in [-0.25, -0.2) is 0 Å². The van der Waals surface area contributed by atoms with Crippen molar-refractivity contribution in [1.29, 1.82) is 0 Å². The molecule has 2 aliphatic heterocycles. The molecule has 0 unspecified atom stereocenters. The maximum atomic E-state index is 12.6.